The minimum Gasteiger partial charge on any atom is -0.370 e. The zero-order valence-corrected chi connectivity index (χ0v) is 13.1. The van der Waals surface area contributed by atoms with Crippen molar-refractivity contribution in [2.45, 2.75) is 13.3 Å². The van der Waals surface area contributed by atoms with Crippen molar-refractivity contribution in [3.8, 4) is 0 Å². The first kappa shape index (κ1) is 13.6. The lowest BCUT2D eigenvalue weighted by Crippen LogP contribution is -2.33. The Morgan fingerprint density at radius 3 is 2.67 bits per heavy atom. The summed E-state index contributed by atoms with van der Waals surface area (Å²) in [6, 6.07) is 8.82. The van der Waals surface area contributed by atoms with E-state index in [9.17, 15) is 0 Å². The van der Waals surface area contributed by atoms with E-state index in [1.807, 2.05) is 0 Å². The van der Waals surface area contributed by atoms with Crippen LogP contribution in [-0.4, -0.2) is 50.7 Å². The summed E-state index contributed by atoms with van der Waals surface area (Å²) in [7, 11) is 0. The van der Waals surface area contributed by atoms with Gasteiger partial charge in [-0.3, -0.25) is 0 Å². The Hall–Kier alpha value is -1.06. The molecule has 2 heterocycles. The minimum atomic E-state index is 0.997. The van der Waals surface area contributed by atoms with Crippen molar-refractivity contribution < 1.29 is 0 Å². The highest BCUT2D eigenvalue weighted by atomic mass is 15.2. The van der Waals surface area contributed by atoms with E-state index < -0.39 is 0 Å². The maximum atomic E-state index is 3.51. The van der Waals surface area contributed by atoms with Gasteiger partial charge in [-0.15, -0.1) is 0 Å². The number of fused-ring (bicyclic) bond motifs is 1. The first-order chi connectivity index (χ1) is 10.3. The standard InChI is InChI=1S/C18H27N3/c1-14-5-2-3-6-18(14)21-8-4-7-20(9-10-21)13-17-15-11-19-12-16(15)17/h2-3,5-6,15-17,19H,4,7-13H2,1H3/t15-,16+,17?. The van der Waals surface area contributed by atoms with Gasteiger partial charge < -0.3 is 15.1 Å². The van der Waals surface area contributed by atoms with E-state index in [0.29, 0.717) is 0 Å². The number of piperidine rings is 1. The van der Waals surface area contributed by atoms with Crippen molar-refractivity contribution >= 4 is 5.69 Å². The molecule has 1 saturated carbocycles. The van der Waals surface area contributed by atoms with Gasteiger partial charge in [-0.25, -0.2) is 0 Å². The van der Waals surface area contributed by atoms with Crippen LogP contribution in [0.1, 0.15) is 12.0 Å². The summed E-state index contributed by atoms with van der Waals surface area (Å²) in [6.45, 7) is 11.0. The third-order valence-corrected chi connectivity index (χ3v) is 5.78. The smallest absolute Gasteiger partial charge is 0.0396 e. The molecule has 3 heteroatoms. The van der Waals surface area contributed by atoms with Gasteiger partial charge >= 0.3 is 0 Å². The van der Waals surface area contributed by atoms with Gasteiger partial charge in [-0.2, -0.15) is 0 Å². The highest BCUT2D eigenvalue weighted by Crippen LogP contribution is 2.48. The molecule has 0 spiro atoms. The molecule has 21 heavy (non-hydrogen) atoms. The van der Waals surface area contributed by atoms with Gasteiger partial charge in [0.25, 0.3) is 0 Å². The Bertz CT molecular complexity index is 491. The molecule has 1 aromatic rings. The molecule has 1 aromatic carbocycles. The van der Waals surface area contributed by atoms with E-state index in [0.717, 1.165) is 17.8 Å². The van der Waals surface area contributed by atoms with Crippen LogP contribution in [0.3, 0.4) is 0 Å². The first-order valence-corrected chi connectivity index (χ1v) is 8.56. The van der Waals surface area contributed by atoms with Crippen LogP contribution in [0.15, 0.2) is 24.3 Å². The zero-order valence-electron chi connectivity index (χ0n) is 13.1. The molecule has 3 fully saturated rings. The molecular formula is C18H27N3. The summed E-state index contributed by atoms with van der Waals surface area (Å²) in [6.07, 6.45) is 1.30. The number of nitrogens with one attached hydrogen (secondary N) is 1. The molecule has 0 amide bonds. The predicted octanol–water partition coefficient (Wildman–Crippen LogP) is 1.97. The van der Waals surface area contributed by atoms with Crippen LogP contribution in [0.2, 0.25) is 0 Å². The fourth-order valence-electron chi connectivity index (χ4n) is 4.43. The number of nitrogens with zero attached hydrogens (tertiary/aromatic N) is 2. The number of benzene rings is 1. The fraction of sp³-hybridized carbons (Fsp3) is 0.667. The average molecular weight is 285 g/mol. The summed E-state index contributed by atoms with van der Waals surface area (Å²) in [5, 5.41) is 3.51. The SMILES string of the molecule is Cc1ccccc1N1CCCN(CC2[C@H]3CNC[C@@H]23)CC1. The summed E-state index contributed by atoms with van der Waals surface area (Å²) in [5.74, 6) is 3.00. The Balaban J connectivity index is 1.35. The van der Waals surface area contributed by atoms with Crippen LogP contribution >= 0.6 is 0 Å². The fourth-order valence-corrected chi connectivity index (χ4v) is 4.43. The Kier molecular flexibility index (Phi) is 3.64. The van der Waals surface area contributed by atoms with E-state index in [2.05, 4.69) is 46.3 Å². The summed E-state index contributed by atoms with van der Waals surface area (Å²) in [4.78, 5) is 5.31. The predicted molar refractivity (Wildman–Crippen MR) is 87.8 cm³/mol. The number of para-hydroxylation sites is 1. The van der Waals surface area contributed by atoms with Crippen molar-refractivity contribution in [2.24, 2.45) is 17.8 Å². The third-order valence-electron chi connectivity index (χ3n) is 5.78. The number of aryl methyl sites for hydroxylation is 1. The maximum Gasteiger partial charge on any atom is 0.0396 e. The Morgan fingerprint density at radius 1 is 1.05 bits per heavy atom. The van der Waals surface area contributed by atoms with E-state index in [1.165, 1.54) is 63.5 Å². The lowest BCUT2D eigenvalue weighted by Gasteiger charge is -2.25. The van der Waals surface area contributed by atoms with E-state index in [1.54, 1.807) is 0 Å². The highest BCUT2D eigenvalue weighted by molar-refractivity contribution is 5.53. The Labute approximate surface area is 128 Å². The van der Waals surface area contributed by atoms with Crippen molar-refractivity contribution in [3.63, 3.8) is 0 Å². The van der Waals surface area contributed by atoms with Crippen LogP contribution in [-0.2, 0) is 0 Å². The third kappa shape index (κ3) is 2.69. The molecule has 114 valence electrons. The molecule has 2 saturated heterocycles. The molecule has 0 bridgehead atoms. The largest absolute Gasteiger partial charge is 0.370 e. The molecule has 1 N–H and O–H groups in total. The van der Waals surface area contributed by atoms with Crippen LogP contribution < -0.4 is 10.2 Å². The maximum absolute atomic E-state index is 3.51. The average Bonchev–Trinajstić information content (AvgIpc) is 3.00. The summed E-state index contributed by atoms with van der Waals surface area (Å²) in [5.41, 5.74) is 2.85. The number of hydrogen-bond acceptors (Lipinski definition) is 3. The molecule has 1 unspecified atom stereocenters. The van der Waals surface area contributed by atoms with E-state index in [-0.39, 0.29) is 0 Å². The van der Waals surface area contributed by atoms with Gasteiger partial charge in [0.2, 0.25) is 0 Å². The monoisotopic (exact) mass is 285 g/mol. The first-order valence-electron chi connectivity index (χ1n) is 8.56. The topological polar surface area (TPSA) is 18.5 Å². The van der Waals surface area contributed by atoms with Gasteiger partial charge in [-0.05, 0) is 62.4 Å². The minimum absolute atomic E-state index is 0.997. The molecule has 0 radical (unpaired) electrons. The van der Waals surface area contributed by atoms with Crippen LogP contribution in [0.25, 0.3) is 0 Å². The Morgan fingerprint density at radius 2 is 1.86 bits per heavy atom. The lowest BCUT2D eigenvalue weighted by atomic mass is 10.2. The van der Waals surface area contributed by atoms with Crippen molar-refractivity contribution in [1.82, 2.24) is 10.2 Å². The van der Waals surface area contributed by atoms with Crippen LogP contribution in [0.4, 0.5) is 5.69 Å². The molecule has 3 nitrogen and oxygen atoms in total. The molecule has 0 aromatic heterocycles. The van der Waals surface area contributed by atoms with Gasteiger partial charge in [-0.1, -0.05) is 18.2 Å². The van der Waals surface area contributed by atoms with Gasteiger partial charge in [0.15, 0.2) is 0 Å². The second-order valence-electron chi connectivity index (χ2n) is 7.08. The van der Waals surface area contributed by atoms with E-state index >= 15 is 0 Å². The summed E-state index contributed by atoms with van der Waals surface area (Å²) >= 11 is 0. The normalized spacial score (nSPS) is 32.8. The van der Waals surface area contributed by atoms with Crippen molar-refractivity contribution in [1.29, 1.82) is 0 Å². The van der Waals surface area contributed by atoms with Crippen LogP contribution in [0, 0.1) is 24.7 Å². The zero-order chi connectivity index (χ0) is 14.2. The van der Waals surface area contributed by atoms with Gasteiger partial charge in [0.1, 0.15) is 0 Å². The second kappa shape index (κ2) is 5.62. The molecule has 2 aliphatic heterocycles. The van der Waals surface area contributed by atoms with Gasteiger partial charge in [0.05, 0.1) is 0 Å². The number of hydrogen-bond donors (Lipinski definition) is 1. The van der Waals surface area contributed by atoms with Crippen molar-refractivity contribution in [2.75, 3.05) is 50.7 Å². The summed E-state index contributed by atoms with van der Waals surface area (Å²) < 4.78 is 0. The number of rotatable bonds is 3. The van der Waals surface area contributed by atoms with Crippen LogP contribution in [0.5, 0.6) is 0 Å². The molecule has 4 rings (SSSR count). The highest BCUT2D eigenvalue weighted by Gasteiger charge is 2.52. The number of anilines is 1. The van der Waals surface area contributed by atoms with Gasteiger partial charge in [0, 0.05) is 31.9 Å². The molecule has 1 aliphatic carbocycles. The second-order valence-corrected chi connectivity index (χ2v) is 7.08. The molecular weight excluding hydrogens is 258 g/mol. The quantitative estimate of drug-likeness (QED) is 0.916. The molecule has 3 aliphatic rings. The van der Waals surface area contributed by atoms with Crippen molar-refractivity contribution in [3.05, 3.63) is 29.8 Å². The van der Waals surface area contributed by atoms with E-state index in [4.69, 9.17) is 0 Å². The molecule has 3 atom stereocenters. The lowest BCUT2D eigenvalue weighted by molar-refractivity contribution is 0.268.